The summed E-state index contributed by atoms with van der Waals surface area (Å²) in [7, 11) is 0. The van der Waals surface area contributed by atoms with Crippen molar-refractivity contribution >= 4 is 5.91 Å². The molecule has 1 fully saturated rings. The molecule has 2 rings (SSSR count). The number of benzene rings is 1. The Bertz CT molecular complexity index is 413. The first-order valence-electron chi connectivity index (χ1n) is 7.25. The van der Waals surface area contributed by atoms with Crippen molar-refractivity contribution in [2.75, 3.05) is 19.6 Å². The molecule has 1 atom stereocenters. The van der Waals surface area contributed by atoms with E-state index < -0.39 is 0 Å². The quantitative estimate of drug-likeness (QED) is 0.879. The third-order valence-electron chi connectivity index (χ3n) is 3.93. The summed E-state index contributed by atoms with van der Waals surface area (Å²) in [5.41, 5.74) is 2.32. The third kappa shape index (κ3) is 4.06. The van der Waals surface area contributed by atoms with Crippen molar-refractivity contribution in [3.8, 4) is 0 Å². The van der Waals surface area contributed by atoms with Crippen LogP contribution in [0, 0.1) is 6.92 Å². The molecular weight excluding hydrogens is 236 g/mol. The first-order chi connectivity index (χ1) is 9.19. The van der Waals surface area contributed by atoms with Gasteiger partial charge in [0.25, 0.3) is 0 Å². The van der Waals surface area contributed by atoms with Crippen molar-refractivity contribution in [1.82, 2.24) is 10.2 Å². The van der Waals surface area contributed by atoms with E-state index >= 15 is 0 Å². The Morgan fingerprint density at radius 1 is 1.37 bits per heavy atom. The molecule has 19 heavy (non-hydrogen) atoms. The number of nitrogens with one attached hydrogen (secondary N) is 1. The number of rotatable bonds is 5. The maximum atomic E-state index is 11.9. The number of likely N-dealkylation sites (N-methyl/N-ethyl adjacent to an activating group) is 1. The lowest BCUT2D eigenvalue weighted by Crippen LogP contribution is -2.40. The number of hydrogen-bond acceptors (Lipinski definition) is 2. The highest BCUT2D eigenvalue weighted by Gasteiger charge is 2.22. The lowest BCUT2D eigenvalue weighted by atomic mass is 10.1. The standard InChI is InChI=1S/C16H24N2O/c1-3-18-10-4-5-15(18)12-17-16(19)11-14-8-6-13(2)7-9-14/h6-9,15H,3-5,10-12H2,1-2H3,(H,17,19). The summed E-state index contributed by atoms with van der Waals surface area (Å²) in [5.74, 6) is 0.131. The number of carbonyl (C=O) groups is 1. The van der Waals surface area contributed by atoms with Gasteiger partial charge in [-0.1, -0.05) is 36.8 Å². The fourth-order valence-electron chi connectivity index (χ4n) is 2.73. The molecule has 0 bridgehead atoms. The van der Waals surface area contributed by atoms with E-state index in [4.69, 9.17) is 0 Å². The average Bonchev–Trinajstić information content (AvgIpc) is 2.86. The van der Waals surface area contributed by atoms with E-state index in [9.17, 15) is 4.79 Å². The van der Waals surface area contributed by atoms with Crippen LogP contribution in [-0.4, -0.2) is 36.5 Å². The van der Waals surface area contributed by atoms with E-state index in [0.717, 1.165) is 18.7 Å². The summed E-state index contributed by atoms with van der Waals surface area (Å²) in [5, 5.41) is 3.07. The van der Waals surface area contributed by atoms with E-state index in [1.165, 1.54) is 24.9 Å². The molecule has 0 radical (unpaired) electrons. The van der Waals surface area contributed by atoms with Gasteiger partial charge in [0, 0.05) is 12.6 Å². The molecule has 104 valence electrons. The van der Waals surface area contributed by atoms with E-state index in [1.807, 2.05) is 12.1 Å². The fraction of sp³-hybridized carbons (Fsp3) is 0.562. The van der Waals surface area contributed by atoms with Gasteiger partial charge < -0.3 is 5.32 Å². The second kappa shape index (κ2) is 6.71. The minimum Gasteiger partial charge on any atom is -0.354 e. The van der Waals surface area contributed by atoms with Crippen molar-refractivity contribution in [1.29, 1.82) is 0 Å². The monoisotopic (exact) mass is 260 g/mol. The molecule has 0 spiro atoms. The molecule has 1 heterocycles. The van der Waals surface area contributed by atoms with Gasteiger partial charge >= 0.3 is 0 Å². The molecule has 1 amide bonds. The first kappa shape index (κ1) is 14.1. The van der Waals surface area contributed by atoms with Gasteiger partial charge in [-0.15, -0.1) is 0 Å². The van der Waals surface area contributed by atoms with Crippen LogP contribution in [-0.2, 0) is 11.2 Å². The fourth-order valence-corrected chi connectivity index (χ4v) is 2.73. The Morgan fingerprint density at radius 3 is 2.79 bits per heavy atom. The summed E-state index contributed by atoms with van der Waals surface area (Å²) in [6.45, 7) is 7.29. The molecule has 0 aromatic heterocycles. The molecular formula is C16H24N2O. The molecule has 0 saturated carbocycles. The SMILES string of the molecule is CCN1CCCC1CNC(=O)Cc1ccc(C)cc1. The molecule has 1 saturated heterocycles. The van der Waals surface area contributed by atoms with E-state index in [2.05, 4.69) is 36.2 Å². The lowest BCUT2D eigenvalue weighted by molar-refractivity contribution is -0.120. The first-order valence-corrected chi connectivity index (χ1v) is 7.25. The smallest absolute Gasteiger partial charge is 0.224 e. The van der Waals surface area contributed by atoms with Gasteiger partial charge in [-0.05, 0) is 38.4 Å². The Labute approximate surface area is 116 Å². The minimum absolute atomic E-state index is 0.131. The van der Waals surface area contributed by atoms with Crippen molar-refractivity contribution in [3.05, 3.63) is 35.4 Å². The maximum absolute atomic E-state index is 11.9. The van der Waals surface area contributed by atoms with Gasteiger partial charge in [0.2, 0.25) is 5.91 Å². The minimum atomic E-state index is 0.131. The number of nitrogens with zero attached hydrogens (tertiary/aromatic N) is 1. The topological polar surface area (TPSA) is 32.3 Å². The van der Waals surface area contributed by atoms with Crippen molar-refractivity contribution in [2.45, 2.75) is 39.2 Å². The van der Waals surface area contributed by atoms with Crippen molar-refractivity contribution in [2.24, 2.45) is 0 Å². The average molecular weight is 260 g/mol. The molecule has 1 aromatic carbocycles. The van der Waals surface area contributed by atoms with Crippen LogP contribution in [0.4, 0.5) is 0 Å². The van der Waals surface area contributed by atoms with Crippen LogP contribution >= 0.6 is 0 Å². The molecule has 3 heteroatoms. The Hall–Kier alpha value is -1.35. The molecule has 1 N–H and O–H groups in total. The molecule has 3 nitrogen and oxygen atoms in total. The van der Waals surface area contributed by atoms with Crippen LogP contribution in [0.15, 0.2) is 24.3 Å². The zero-order chi connectivity index (χ0) is 13.7. The summed E-state index contributed by atoms with van der Waals surface area (Å²) in [6, 6.07) is 8.70. The van der Waals surface area contributed by atoms with Crippen LogP contribution in [0.1, 0.15) is 30.9 Å². The second-order valence-electron chi connectivity index (χ2n) is 5.39. The van der Waals surface area contributed by atoms with Crippen molar-refractivity contribution in [3.63, 3.8) is 0 Å². The van der Waals surface area contributed by atoms with Gasteiger partial charge in [0.15, 0.2) is 0 Å². The zero-order valence-electron chi connectivity index (χ0n) is 12.0. The highest BCUT2D eigenvalue weighted by atomic mass is 16.1. The summed E-state index contributed by atoms with van der Waals surface area (Å²) in [6.07, 6.45) is 2.95. The maximum Gasteiger partial charge on any atom is 0.224 e. The molecule has 0 aliphatic carbocycles. The third-order valence-corrected chi connectivity index (χ3v) is 3.93. The second-order valence-corrected chi connectivity index (χ2v) is 5.39. The van der Waals surface area contributed by atoms with Crippen LogP contribution in [0.3, 0.4) is 0 Å². The van der Waals surface area contributed by atoms with E-state index in [1.54, 1.807) is 0 Å². The van der Waals surface area contributed by atoms with Gasteiger partial charge in [-0.25, -0.2) is 0 Å². The molecule has 1 unspecified atom stereocenters. The molecule has 1 aromatic rings. The number of aryl methyl sites for hydroxylation is 1. The zero-order valence-corrected chi connectivity index (χ0v) is 12.0. The van der Waals surface area contributed by atoms with Crippen LogP contribution in [0.25, 0.3) is 0 Å². The Balaban J connectivity index is 1.77. The van der Waals surface area contributed by atoms with Crippen LogP contribution in [0.5, 0.6) is 0 Å². The highest BCUT2D eigenvalue weighted by Crippen LogP contribution is 2.15. The Kier molecular flexibility index (Phi) is 4.97. The van der Waals surface area contributed by atoms with E-state index in [0.29, 0.717) is 12.5 Å². The Morgan fingerprint density at radius 2 is 2.11 bits per heavy atom. The van der Waals surface area contributed by atoms with Gasteiger partial charge in [0.1, 0.15) is 0 Å². The normalized spacial score (nSPS) is 19.6. The van der Waals surface area contributed by atoms with Gasteiger partial charge in [-0.2, -0.15) is 0 Å². The van der Waals surface area contributed by atoms with E-state index in [-0.39, 0.29) is 5.91 Å². The number of hydrogen-bond donors (Lipinski definition) is 1. The summed E-state index contributed by atoms with van der Waals surface area (Å²) in [4.78, 5) is 14.4. The highest BCUT2D eigenvalue weighted by molar-refractivity contribution is 5.78. The summed E-state index contributed by atoms with van der Waals surface area (Å²) < 4.78 is 0. The number of carbonyl (C=O) groups excluding carboxylic acids is 1. The van der Waals surface area contributed by atoms with Crippen LogP contribution < -0.4 is 5.32 Å². The van der Waals surface area contributed by atoms with Crippen molar-refractivity contribution < 1.29 is 4.79 Å². The van der Waals surface area contributed by atoms with Gasteiger partial charge in [-0.3, -0.25) is 9.69 Å². The molecule has 1 aliphatic heterocycles. The van der Waals surface area contributed by atoms with Gasteiger partial charge in [0.05, 0.1) is 6.42 Å². The predicted molar refractivity (Wildman–Crippen MR) is 78.2 cm³/mol. The summed E-state index contributed by atoms with van der Waals surface area (Å²) >= 11 is 0. The number of amides is 1. The molecule has 1 aliphatic rings. The van der Waals surface area contributed by atoms with Crippen LogP contribution in [0.2, 0.25) is 0 Å². The predicted octanol–water partition coefficient (Wildman–Crippen LogP) is 2.14. The largest absolute Gasteiger partial charge is 0.354 e. The lowest BCUT2D eigenvalue weighted by Gasteiger charge is -2.22. The number of likely N-dealkylation sites (tertiary alicyclic amines) is 1.